The molecule has 1 amide bonds. The number of halogens is 2. The number of carbonyl (C=O) groups excluding carboxylic acids is 2. The van der Waals surface area contributed by atoms with E-state index in [1.54, 1.807) is 0 Å². The van der Waals surface area contributed by atoms with Gasteiger partial charge < -0.3 is 10.5 Å². The molecule has 0 saturated heterocycles. The third kappa shape index (κ3) is 1.90. The van der Waals surface area contributed by atoms with Gasteiger partial charge in [0, 0.05) is 0 Å². The maximum Gasteiger partial charge on any atom is 0.312 e. The van der Waals surface area contributed by atoms with Crippen LogP contribution in [0, 0.1) is 10.1 Å². The quantitative estimate of drug-likeness (QED) is 0.353. The van der Waals surface area contributed by atoms with Gasteiger partial charge in [0.25, 0.3) is 11.7 Å². The van der Waals surface area contributed by atoms with Gasteiger partial charge in [-0.1, -0.05) is 28.4 Å². The Balaban J connectivity index is 2.89. The zero-order chi connectivity index (χ0) is 14.3. The van der Waals surface area contributed by atoms with Crippen molar-refractivity contribution in [1.82, 2.24) is 0 Å². The van der Waals surface area contributed by atoms with E-state index in [1.807, 2.05) is 5.32 Å². The van der Waals surface area contributed by atoms with Gasteiger partial charge in [0.15, 0.2) is 5.71 Å². The summed E-state index contributed by atoms with van der Waals surface area (Å²) in [5.74, 6) is -2.34. The molecule has 1 aliphatic heterocycles. The van der Waals surface area contributed by atoms with Gasteiger partial charge in [-0.2, -0.15) is 0 Å². The van der Waals surface area contributed by atoms with Gasteiger partial charge in [-0.25, -0.2) is 0 Å². The predicted octanol–water partition coefficient (Wildman–Crippen LogP) is 1.60. The molecule has 1 aromatic rings. The zero-order valence-electron chi connectivity index (χ0n) is 8.81. The molecular weight excluding hydrogens is 301 g/mol. The fourth-order valence-electron chi connectivity index (χ4n) is 1.63. The average molecular weight is 304 g/mol. The number of fused-ring (bicyclic) bond motifs is 1. The summed E-state index contributed by atoms with van der Waals surface area (Å²) < 4.78 is 0. The molecule has 0 unspecified atom stereocenters. The number of benzene rings is 1. The summed E-state index contributed by atoms with van der Waals surface area (Å²) in [6.45, 7) is 0. The Kier molecular flexibility index (Phi) is 3.13. The minimum absolute atomic E-state index is 0.160. The molecule has 0 aromatic heterocycles. The molecule has 0 radical (unpaired) electrons. The number of ketones is 1. The first-order valence-electron chi connectivity index (χ1n) is 4.63. The van der Waals surface area contributed by atoms with E-state index in [-0.39, 0.29) is 21.3 Å². The maximum absolute atomic E-state index is 11.5. The molecule has 1 aromatic carbocycles. The molecule has 0 atom stereocenters. The Morgan fingerprint density at radius 1 is 1.32 bits per heavy atom. The molecule has 19 heavy (non-hydrogen) atoms. The Hall–Kier alpha value is -2.19. The first-order chi connectivity index (χ1) is 8.88. The van der Waals surface area contributed by atoms with E-state index in [9.17, 15) is 19.7 Å². The highest BCUT2D eigenvalue weighted by Crippen LogP contribution is 2.41. The van der Waals surface area contributed by atoms with Crippen LogP contribution in [-0.4, -0.2) is 27.5 Å². The predicted molar refractivity (Wildman–Crippen MR) is 65.1 cm³/mol. The first-order valence-corrected chi connectivity index (χ1v) is 5.38. The van der Waals surface area contributed by atoms with Crippen LogP contribution in [-0.2, 0) is 9.59 Å². The van der Waals surface area contributed by atoms with Gasteiger partial charge in [0.2, 0.25) is 0 Å². The van der Waals surface area contributed by atoms with Crippen molar-refractivity contribution in [2.75, 3.05) is 5.32 Å². The van der Waals surface area contributed by atoms with Crippen LogP contribution in [0.4, 0.5) is 11.4 Å². The highest BCUT2D eigenvalue weighted by atomic mass is 35.5. The number of nitrogens with zero attached hydrogens (tertiary/aromatic N) is 2. The van der Waals surface area contributed by atoms with E-state index in [0.717, 1.165) is 6.07 Å². The molecule has 0 aliphatic carbocycles. The summed E-state index contributed by atoms with van der Waals surface area (Å²) in [7, 11) is 0. The fourth-order valence-corrected chi connectivity index (χ4v) is 2.25. The highest BCUT2D eigenvalue weighted by Gasteiger charge is 2.38. The second-order valence-corrected chi connectivity index (χ2v) is 4.24. The number of anilines is 1. The van der Waals surface area contributed by atoms with Crippen molar-refractivity contribution in [3.05, 3.63) is 31.8 Å². The lowest BCUT2D eigenvalue weighted by molar-refractivity contribution is -0.383. The van der Waals surface area contributed by atoms with Crippen molar-refractivity contribution in [1.29, 1.82) is 0 Å². The average Bonchev–Trinajstić information content (AvgIpc) is 2.31. The zero-order valence-corrected chi connectivity index (χ0v) is 10.3. The summed E-state index contributed by atoms with van der Waals surface area (Å²) >= 11 is 11.5. The molecule has 2 N–H and O–H groups in total. The van der Waals surface area contributed by atoms with Gasteiger partial charge in [0.1, 0.15) is 10.7 Å². The number of oxime groups is 1. The van der Waals surface area contributed by atoms with Gasteiger partial charge in [-0.15, -0.1) is 0 Å². The molecule has 0 saturated carbocycles. The van der Waals surface area contributed by atoms with Crippen molar-refractivity contribution in [3.8, 4) is 0 Å². The van der Waals surface area contributed by atoms with Crippen molar-refractivity contribution in [3.63, 3.8) is 0 Å². The van der Waals surface area contributed by atoms with Crippen molar-refractivity contribution in [2.24, 2.45) is 5.16 Å². The molecule has 10 heteroatoms. The van der Waals surface area contributed by atoms with Gasteiger partial charge in [0.05, 0.1) is 15.5 Å². The molecule has 1 aliphatic rings. The van der Waals surface area contributed by atoms with Crippen LogP contribution >= 0.6 is 23.2 Å². The Bertz CT molecular complexity index is 670. The highest BCUT2D eigenvalue weighted by molar-refractivity contribution is 6.73. The van der Waals surface area contributed by atoms with E-state index in [4.69, 9.17) is 28.4 Å². The van der Waals surface area contributed by atoms with E-state index in [2.05, 4.69) is 5.16 Å². The molecule has 2 rings (SSSR count). The number of rotatable bonds is 1. The minimum Gasteiger partial charge on any atom is -0.410 e. The van der Waals surface area contributed by atoms with Crippen LogP contribution in [0.25, 0.3) is 0 Å². The molecule has 98 valence electrons. The Morgan fingerprint density at radius 2 is 1.95 bits per heavy atom. The second kappa shape index (κ2) is 4.48. The largest absolute Gasteiger partial charge is 0.410 e. The number of carbonyl (C=O) groups is 2. The summed E-state index contributed by atoms with van der Waals surface area (Å²) in [6, 6.07) is 1.02. The fraction of sp³-hybridized carbons (Fsp3) is 0. The minimum atomic E-state index is -1.18. The molecular formula is C9H3Cl2N3O5. The molecule has 1 heterocycles. The van der Waals surface area contributed by atoms with Crippen LogP contribution in [0.15, 0.2) is 11.2 Å². The summed E-state index contributed by atoms with van der Waals surface area (Å²) in [5, 5.41) is 23.9. The normalized spacial score (nSPS) is 16.2. The van der Waals surface area contributed by atoms with Crippen LogP contribution in [0.2, 0.25) is 10.0 Å². The van der Waals surface area contributed by atoms with Crippen molar-refractivity contribution in [2.45, 2.75) is 0 Å². The monoisotopic (exact) mass is 303 g/mol. The van der Waals surface area contributed by atoms with E-state index < -0.39 is 28.0 Å². The first kappa shape index (κ1) is 13.2. The summed E-state index contributed by atoms with van der Waals surface area (Å²) in [4.78, 5) is 32.9. The smallest absolute Gasteiger partial charge is 0.312 e. The molecule has 0 spiro atoms. The Morgan fingerprint density at radius 3 is 2.47 bits per heavy atom. The lowest BCUT2D eigenvalue weighted by Crippen LogP contribution is -2.36. The van der Waals surface area contributed by atoms with Crippen LogP contribution in [0.3, 0.4) is 0 Å². The van der Waals surface area contributed by atoms with Crippen molar-refractivity contribution >= 4 is 52.0 Å². The van der Waals surface area contributed by atoms with Crippen LogP contribution in [0.1, 0.15) is 5.56 Å². The van der Waals surface area contributed by atoms with Crippen LogP contribution in [0.5, 0.6) is 0 Å². The molecule has 0 fully saturated rings. The Labute approximate surface area is 114 Å². The van der Waals surface area contributed by atoms with Crippen LogP contribution < -0.4 is 5.32 Å². The number of Topliss-reactive ketones (excluding diaryl/α,β-unsaturated/α-hetero) is 1. The van der Waals surface area contributed by atoms with Gasteiger partial charge in [-0.05, 0) is 6.07 Å². The number of hydrogen-bond acceptors (Lipinski definition) is 6. The number of nitro groups is 1. The third-order valence-corrected chi connectivity index (χ3v) is 2.97. The molecule has 0 bridgehead atoms. The summed E-state index contributed by atoms with van der Waals surface area (Å²) in [6.07, 6.45) is 0. The van der Waals surface area contributed by atoms with E-state index >= 15 is 0 Å². The lowest BCUT2D eigenvalue weighted by Gasteiger charge is -2.18. The SMILES string of the molecule is O=C1Nc2c(c(Cl)cc(Cl)c2[N+](=O)[O-])C(=NO)C1=O. The standard InChI is InChI=1S/C9H3Cl2N3O5/c10-2-1-3(11)7(14(18)19)5-4(2)6(13-17)8(15)9(16)12-5/h1,17H,(H,12,16). The third-order valence-electron chi connectivity index (χ3n) is 2.38. The maximum atomic E-state index is 11.5. The molecule has 8 nitrogen and oxygen atoms in total. The van der Waals surface area contributed by atoms with E-state index in [1.165, 1.54) is 0 Å². The van der Waals surface area contributed by atoms with Crippen molar-refractivity contribution < 1.29 is 19.7 Å². The topological polar surface area (TPSA) is 122 Å². The van der Waals surface area contributed by atoms with E-state index in [0.29, 0.717) is 0 Å². The van der Waals surface area contributed by atoms with Gasteiger partial charge >= 0.3 is 5.69 Å². The lowest BCUT2D eigenvalue weighted by atomic mass is 9.98. The van der Waals surface area contributed by atoms with Gasteiger partial charge in [-0.3, -0.25) is 19.7 Å². The number of hydrogen-bond donors (Lipinski definition) is 2. The number of amides is 1. The number of nitrogens with one attached hydrogen (secondary N) is 1. The number of nitro benzene ring substituents is 1. The summed E-state index contributed by atoms with van der Waals surface area (Å²) in [5.41, 5.74) is -1.93. The second-order valence-electron chi connectivity index (χ2n) is 3.43.